The van der Waals surface area contributed by atoms with Crippen LogP contribution in [0, 0.1) is 0 Å². The molecule has 0 radical (unpaired) electrons. The van der Waals surface area contributed by atoms with Gasteiger partial charge in [-0.05, 0) is 36.5 Å². The van der Waals surface area contributed by atoms with Crippen molar-refractivity contribution in [3.63, 3.8) is 0 Å². The highest BCUT2D eigenvalue weighted by Gasteiger charge is 2.30. The van der Waals surface area contributed by atoms with Crippen LogP contribution in [0.1, 0.15) is 35.6 Å². The molecule has 23 heavy (non-hydrogen) atoms. The maximum Gasteiger partial charge on any atom is 0.313 e. The summed E-state index contributed by atoms with van der Waals surface area (Å²) in [4.78, 5) is 16.1. The quantitative estimate of drug-likeness (QED) is 0.732. The predicted molar refractivity (Wildman–Crippen MR) is 90.2 cm³/mol. The summed E-state index contributed by atoms with van der Waals surface area (Å²) in [6.07, 6.45) is 2.89. The van der Waals surface area contributed by atoms with Crippen LogP contribution in [-0.2, 0) is 22.6 Å². The van der Waals surface area contributed by atoms with Gasteiger partial charge in [-0.2, -0.15) is 0 Å². The van der Waals surface area contributed by atoms with Crippen molar-refractivity contribution in [2.24, 2.45) is 0 Å². The highest BCUT2D eigenvalue weighted by molar-refractivity contribution is 5.91. The van der Waals surface area contributed by atoms with E-state index in [1.54, 1.807) is 0 Å². The fraction of sp³-hybridized carbons (Fsp3) is 0.250. The van der Waals surface area contributed by atoms with E-state index in [-0.39, 0.29) is 11.9 Å². The van der Waals surface area contributed by atoms with E-state index in [1.807, 2.05) is 42.5 Å². The smallest absolute Gasteiger partial charge is 0.313 e. The van der Waals surface area contributed by atoms with E-state index in [0.717, 1.165) is 41.3 Å². The van der Waals surface area contributed by atoms with Gasteiger partial charge in [0, 0.05) is 16.6 Å². The van der Waals surface area contributed by atoms with E-state index < -0.39 is 0 Å². The van der Waals surface area contributed by atoms with Crippen LogP contribution in [0.15, 0.2) is 54.6 Å². The van der Waals surface area contributed by atoms with Gasteiger partial charge >= 0.3 is 5.97 Å². The number of aromatic amines is 1. The van der Waals surface area contributed by atoms with Gasteiger partial charge in [-0.25, -0.2) is 0 Å². The molecule has 116 valence electrons. The van der Waals surface area contributed by atoms with Crippen molar-refractivity contribution in [1.29, 1.82) is 0 Å². The Kier molecular flexibility index (Phi) is 3.62. The van der Waals surface area contributed by atoms with Gasteiger partial charge in [0.25, 0.3) is 0 Å². The Bertz CT molecular complexity index is 835. The molecule has 1 aromatic heterocycles. The van der Waals surface area contributed by atoms with E-state index in [1.165, 1.54) is 5.69 Å². The molecule has 3 nitrogen and oxygen atoms in total. The summed E-state index contributed by atoms with van der Waals surface area (Å²) in [5, 5.41) is 1.16. The number of aryl methyl sites for hydroxylation is 1. The highest BCUT2D eigenvalue weighted by atomic mass is 16.5. The standard InChI is InChI=1S/C20H19NO2/c22-20(23-13-14-7-2-1-3-8-14)16-10-6-12-18-19(16)15-9-4-5-11-17(15)21-18/h1-5,7-9,11,16,21H,6,10,12-13H2. The van der Waals surface area contributed by atoms with E-state index >= 15 is 0 Å². The van der Waals surface area contributed by atoms with Crippen LogP contribution in [0.25, 0.3) is 10.9 Å². The van der Waals surface area contributed by atoms with Crippen LogP contribution >= 0.6 is 0 Å². The summed E-state index contributed by atoms with van der Waals surface area (Å²) in [5.41, 5.74) is 4.47. The first-order valence-corrected chi connectivity index (χ1v) is 8.13. The molecule has 0 aliphatic heterocycles. The number of hydrogen-bond acceptors (Lipinski definition) is 2. The average Bonchev–Trinajstić information content (AvgIpc) is 2.99. The molecule has 2 aromatic carbocycles. The summed E-state index contributed by atoms with van der Waals surface area (Å²) in [7, 11) is 0. The summed E-state index contributed by atoms with van der Waals surface area (Å²) in [6.45, 7) is 0.341. The average molecular weight is 305 g/mol. The lowest BCUT2D eigenvalue weighted by molar-refractivity contribution is -0.147. The number of H-pyrrole nitrogens is 1. The van der Waals surface area contributed by atoms with Gasteiger partial charge in [0.2, 0.25) is 0 Å². The summed E-state index contributed by atoms with van der Waals surface area (Å²) >= 11 is 0. The number of carbonyl (C=O) groups is 1. The largest absolute Gasteiger partial charge is 0.460 e. The van der Waals surface area contributed by atoms with Crippen LogP contribution in [0.2, 0.25) is 0 Å². The number of esters is 1. The maximum atomic E-state index is 12.6. The lowest BCUT2D eigenvalue weighted by atomic mass is 9.85. The molecule has 1 unspecified atom stereocenters. The van der Waals surface area contributed by atoms with E-state index in [9.17, 15) is 4.79 Å². The number of hydrogen-bond donors (Lipinski definition) is 1. The second-order valence-corrected chi connectivity index (χ2v) is 6.10. The minimum atomic E-state index is -0.154. The molecule has 1 N–H and O–H groups in total. The van der Waals surface area contributed by atoms with Crippen molar-refractivity contribution in [2.75, 3.05) is 0 Å². The predicted octanol–water partition coefficient (Wildman–Crippen LogP) is 4.33. The molecule has 4 rings (SSSR count). The molecule has 0 fully saturated rings. The van der Waals surface area contributed by atoms with Crippen molar-refractivity contribution in [3.8, 4) is 0 Å². The molecular formula is C20H19NO2. The van der Waals surface area contributed by atoms with Gasteiger partial charge in [0.1, 0.15) is 6.61 Å². The topological polar surface area (TPSA) is 42.1 Å². The van der Waals surface area contributed by atoms with Gasteiger partial charge in [0.15, 0.2) is 0 Å². The maximum absolute atomic E-state index is 12.6. The van der Waals surface area contributed by atoms with Crippen LogP contribution in [0.5, 0.6) is 0 Å². The Morgan fingerprint density at radius 1 is 1.09 bits per heavy atom. The van der Waals surface area contributed by atoms with Crippen molar-refractivity contribution in [2.45, 2.75) is 31.8 Å². The number of carbonyl (C=O) groups excluding carboxylic acids is 1. The fourth-order valence-electron chi connectivity index (χ4n) is 3.51. The molecule has 1 atom stereocenters. The Morgan fingerprint density at radius 2 is 1.87 bits per heavy atom. The zero-order valence-corrected chi connectivity index (χ0v) is 12.9. The summed E-state index contributed by atoms with van der Waals surface area (Å²) < 4.78 is 5.59. The molecule has 0 saturated heterocycles. The zero-order valence-electron chi connectivity index (χ0n) is 12.9. The van der Waals surface area contributed by atoms with Crippen LogP contribution in [0.4, 0.5) is 0 Å². The van der Waals surface area contributed by atoms with E-state index in [4.69, 9.17) is 4.74 Å². The normalized spacial score (nSPS) is 17.0. The van der Waals surface area contributed by atoms with Crippen LogP contribution < -0.4 is 0 Å². The number of nitrogens with one attached hydrogen (secondary N) is 1. The number of rotatable bonds is 3. The first-order valence-electron chi connectivity index (χ1n) is 8.13. The van der Waals surface area contributed by atoms with E-state index in [2.05, 4.69) is 17.1 Å². The Balaban J connectivity index is 1.60. The van der Waals surface area contributed by atoms with Gasteiger partial charge in [-0.3, -0.25) is 4.79 Å². The van der Waals surface area contributed by atoms with Crippen molar-refractivity contribution in [1.82, 2.24) is 4.98 Å². The number of para-hydroxylation sites is 1. The molecule has 3 aromatic rings. The third kappa shape index (κ3) is 2.63. The molecule has 3 heteroatoms. The van der Waals surface area contributed by atoms with Crippen molar-refractivity contribution in [3.05, 3.63) is 71.4 Å². The first-order chi connectivity index (χ1) is 11.3. The molecular weight excluding hydrogens is 286 g/mol. The van der Waals surface area contributed by atoms with Gasteiger partial charge in [-0.1, -0.05) is 48.5 Å². The highest BCUT2D eigenvalue weighted by Crippen LogP contribution is 2.37. The van der Waals surface area contributed by atoms with Crippen LogP contribution in [-0.4, -0.2) is 11.0 Å². The lowest BCUT2D eigenvalue weighted by Gasteiger charge is -2.21. The minimum absolute atomic E-state index is 0.112. The molecule has 1 aliphatic carbocycles. The number of fused-ring (bicyclic) bond motifs is 3. The summed E-state index contributed by atoms with van der Waals surface area (Å²) in [5.74, 6) is -0.266. The van der Waals surface area contributed by atoms with E-state index in [0.29, 0.717) is 6.61 Å². The third-order valence-corrected chi connectivity index (χ3v) is 4.60. The second-order valence-electron chi connectivity index (χ2n) is 6.10. The first kappa shape index (κ1) is 14.1. The molecule has 1 heterocycles. The van der Waals surface area contributed by atoms with Crippen LogP contribution in [0.3, 0.4) is 0 Å². The fourth-order valence-corrected chi connectivity index (χ4v) is 3.51. The Labute approximate surface area is 135 Å². The van der Waals surface area contributed by atoms with Gasteiger partial charge < -0.3 is 9.72 Å². The Hall–Kier alpha value is -2.55. The SMILES string of the molecule is O=C(OCc1ccccc1)C1CCCc2[nH]c3ccccc3c21. The Morgan fingerprint density at radius 3 is 2.74 bits per heavy atom. The minimum Gasteiger partial charge on any atom is -0.460 e. The number of benzene rings is 2. The third-order valence-electron chi connectivity index (χ3n) is 4.60. The number of aromatic nitrogens is 1. The molecule has 0 bridgehead atoms. The van der Waals surface area contributed by atoms with Crippen molar-refractivity contribution < 1.29 is 9.53 Å². The molecule has 0 amide bonds. The monoisotopic (exact) mass is 305 g/mol. The zero-order chi connectivity index (χ0) is 15.6. The number of ether oxygens (including phenoxy) is 1. The van der Waals surface area contributed by atoms with Gasteiger partial charge in [-0.15, -0.1) is 0 Å². The lowest BCUT2D eigenvalue weighted by Crippen LogP contribution is -2.20. The van der Waals surface area contributed by atoms with Crippen molar-refractivity contribution >= 4 is 16.9 Å². The second kappa shape index (κ2) is 5.92. The summed E-state index contributed by atoms with van der Waals surface area (Å²) in [6, 6.07) is 18.0. The molecule has 0 spiro atoms. The molecule has 0 saturated carbocycles. The molecule has 1 aliphatic rings. The van der Waals surface area contributed by atoms with Gasteiger partial charge in [0.05, 0.1) is 5.92 Å².